The van der Waals surface area contributed by atoms with E-state index in [1.807, 2.05) is 31.2 Å². The second-order valence-electron chi connectivity index (χ2n) is 7.27. The van der Waals surface area contributed by atoms with E-state index < -0.39 is 6.10 Å². The van der Waals surface area contributed by atoms with Crippen molar-refractivity contribution in [2.24, 2.45) is 11.3 Å². The molecule has 3 rings (SSSR count). The van der Waals surface area contributed by atoms with Crippen LogP contribution in [0.4, 0.5) is 4.79 Å². The topological polar surface area (TPSA) is 70.6 Å². The number of hydrogen-bond acceptors (Lipinski definition) is 3. The highest BCUT2D eigenvalue weighted by Crippen LogP contribution is 2.52. The van der Waals surface area contributed by atoms with E-state index in [2.05, 4.69) is 24.5 Å². The molecule has 1 saturated heterocycles. The van der Waals surface area contributed by atoms with E-state index in [1.165, 1.54) is 0 Å². The molecule has 0 aromatic heterocycles. The van der Waals surface area contributed by atoms with Crippen LogP contribution in [0.3, 0.4) is 0 Å². The lowest BCUT2D eigenvalue weighted by atomic mass is 9.57. The van der Waals surface area contributed by atoms with Gasteiger partial charge in [0, 0.05) is 30.5 Å². The van der Waals surface area contributed by atoms with Crippen molar-refractivity contribution in [1.29, 1.82) is 0 Å². The lowest BCUT2D eigenvalue weighted by Crippen LogP contribution is -2.67. The molecule has 5 heteroatoms. The molecule has 0 spiro atoms. The smallest absolute Gasteiger partial charge is 0.315 e. The van der Waals surface area contributed by atoms with Crippen molar-refractivity contribution in [3.63, 3.8) is 0 Å². The van der Waals surface area contributed by atoms with Crippen molar-refractivity contribution in [3.8, 4) is 0 Å². The summed E-state index contributed by atoms with van der Waals surface area (Å²) in [6.45, 7) is 7.20. The Kier molecular flexibility index (Phi) is 4.34. The van der Waals surface area contributed by atoms with Gasteiger partial charge in [-0.15, -0.1) is 0 Å². The molecular weight excluding hydrogens is 292 g/mol. The fraction of sp³-hybridized carbons (Fsp3) is 0.611. The number of aliphatic hydroxyl groups excluding tert-OH is 1. The van der Waals surface area contributed by atoms with E-state index in [0.29, 0.717) is 5.92 Å². The molecule has 2 amide bonds. The lowest BCUT2D eigenvalue weighted by Gasteiger charge is -2.54. The molecule has 23 heavy (non-hydrogen) atoms. The van der Waals surface area contributed by atoms with Crippen molar-refractivity contribution in [1.82, 2.24) is 10.6 Å². The Morgan fingerprint density at radius 1 is 1.43 bits per heavy atom. The van der Waals surface area contributed by atoms with Crippen LogP contribution in [0.25, 0.3) is 0 Å². The number of urea groups is 1. The summed E-state index contributed by atoms with van der Waals surface area (Å²) in [5.41, 5.74) is 1.84. The molecule has 4 atom stereocenters. The molecule has 0 bridgehead atoms. The molecule has 1 heterocycles. The molecule has 2 fully saturated rings. The molecule has 3 N–H and O–H groups in total. The van der Waals surface area contributed by atoms with E-state index in [0.717, 1.165) is 24.2 Å². The van der Waals surface area contributed by atoms with Gasteiger partial charge in [0.05, 0.1) is 12.2 Å². The summed E-state index contributed by atoms with van der Waals surface area (Å²) in [6, 6.07) is 7.57. The van der Waals surface area contributed by atoms with Crippen LogP contribution in [0.1, 0.15) is 37.5 Å². The van der Waals surface area contributed by atoms with Gasteiger partial charge < -0.3 is 20.5 Å². The van der Waals surface area contributed by atoms with Crippen LogP contribution >= 0.6 is 0 Å². The Hall–Kier alpha value is -1.59. The van der Waals surface area contributed by atoms with Crippen LogP contribution in [-0.4, -0.2) is 36.4 Å². The van der Waals surface area contributed by atoms with Gasteiger partial charge in [-0.1, -0.05) is 38.1 Å². The van der Waals surface area contributed by atoms with Gasteiger partial charge in [-0.25, -0.2) is 4.79 Å². The number of fused-ring (bicyclic) bond motifs is 1. The van der Waals surface area contributed by atoms with Crippen molar-refractivity contribution in [3.05, 3.63) is 35.4 Å². The molecule has 1 aromatic carbocycles. The van der Waals surface area contributed by atoms with Gasteiger partial charge in [0.2, 0.25) is 0 Å². The first-order valence-corrected chi connectivity index (χ1v) is 8.31. The van der Waals surface area contributed by atoms with Gasteiger partial charge in [0.1, 0.15) is 0 Å². The quantitative estimate of drug-likeness (QED) is 0.796. The van der Waals surface area contributed by atoms with Gasteiger partial charge in [0.25, 0.3) is 0 Å². The second-order valence-corrected chi connectivity index (χ2v) is 7.27. The van der Waals surface area contributed by atoms with E-state index in [9.17, 15) is 9.90 Å². The summed E-state index contributed by atoms with van der Waals surface area (Å²) in [6.07, 6.45) is 0.564. The summed E-state index contributed by atoms with van der Waals surface area (Å²) >= 11 is 0. The zero-order valence-electron chi connectivity index (χ0n) is 14.0. The van der Waals surface area contributed by atoms with Crippen LogP contribution in [-0.2, 0) is 4.74 Å². The van der Waals surface area contributed by atoms with E-state index in [-0.39, 0.29) is 30.1 Å². The van der Waals surface area contributed by atoms with E-state index in [4.69, 9.17) is 4.74 Å². The largest absolute Gasteiger partial charge is 0.387 e. The predicted molar refractivity (Wildman–Crippen MR) is 88.1 cm³/mol. The Bertz CT molecular complexity index is 587. The number of rotatable bonds is 4. The first-order chi connectivity index (χ1) is 10.9. The average molecular weight is 318 g/mol. The second kappa shape index (κ2) is 6.13. The maximum absolute atomic E-state index is 12.2. The minimum Gasteiger partial charge on any atom is -0.387 e. The Labute approximate surface area is 137 Å². The van der Waals surface area contributed by atoms with E-state index >= 15 is 0 Å². The first kappa shape index (κ1) is 16.3. The molecule has 0 radical (unpaired) electrons. The molecule has 126 valence electrons. The maximum atomic E-state index is 12.2. The van der Waals surface area contributed by atoms with Gasteiger partial charge in [-0.05, 0) is 24.5 Å². The maximum Gasteiger partial charge on any atom is 0.315 e. The van der Waals surface area contributed by atoms with Crippen molar-refractivity contribution < 1.29 is 14.6 Å². The van der Waals surface area contributed by atoms with Crippen molar-refractivity contribution in [2.45, 2.75) is 45.4 Å². The normalized spacial score (nSPS) is 29.3. The van der Waals surface area contributed by atoms with Gasteiger partial charge in [0.15, 0.2) is 0 Å². The monoisotopic (exact) mass is 318 g/mol. The number of aryl methyl sites for hydroxylation is 1. The predicted octanol–water partition coefficient (Wildman–Crippen LogP) is 2.14. The molecule has 1 aliphatic heterocycles. The number of nitrogens with one attached hydrogen (secondary N) is 2. The highest BCUT2D eigenvalue weighted by Gasteiger charge is 2.59. The molecule has 1 aromatic rings. The van der Waals surface area contributed by atoms with E-state index in [1.54, 1.807) is 0 Å². The molecule has 5 nitrogen and oxygen atoms in total. The van der Waals surface area contributed by atoms with Crippen LogP contribution < -0.4 is 10.6 Å². The molecule has 4 unspecified atom stereocenters. The summed E-state index contributed by atoms with van der Waals surface area (Å²) < 4.78 is 5.74. The highest BCUT2D eigenvalue weighted by atomic mass is 16.5. The minimum atomic E-state index is -0.695. The number of carbonyl (C=O) groups is 1. The number of aliphatic hydroxyl groups is 1. The van der Waals surface area contributed by atoms with Gasteiger partial charge in [-0.2, -0.15) is 0 Å². The summed E-state index contributed by atoms with van der Waals surface area (Å²) in [4.78, 5) is 12.2. The molecule has 1 aliphatic carbocycles. The van der Waals surface area contributed by atoms with Crippen molar-refractivity contribution >= 4 is 6.03 Å². The zero-order chi connectivity index (χ0) is 16.6. The SMILES string of the molecule is Cc1ccccc1C(O)CNC(=O)NC1C2CCOC2C1(C)C. The fourth-order valence-corrected chi connectivity index (χ4v) is 4.07. The Morgan fingerprint density at radius 3 is 2.91 bits per heavy atom. The number of benzene rings is 1. The number of carbonyl (C=O) groups excluding carboxylic acids is 1. The number of ether oxygens (including phenoxy) is 1. The third-order valence-corrected chi connectivity index (χ3v) is 5.39. The third kappa shape index (κ3) is 2.95. The molecular formula is C18H26N2O3. The van der Waals surface area contributed by atoms with Gasteiger partial charge >= 0.3 is 6.03 Å². The molecule has 2 aliphatic rings. The molecule has 1 saturated carbocycles. The summed E-state index contributed by atoms with van der Waals surface area (Å²) in [5, 5.41) is 16.1. The zero-order valence-corrected chi connectivity index (χ0v) is 14.0. The van der Waals surface area contributed by atoms with Crippen LogP contribution in [0, 0.1) is 18.3 Å². The van der Waals surface area contributed by atoms with Crippen LogP contribution in [0.15, 0.2) is 24.3 Å². The number of hydrogen-bond donors (Lipinski definition) is 3. The third-order valence-electron chi connectivity index (χ3n) is 5.39. The lowest BCUT2D eigenvalue weighted by molar-refractivity contribution is -0.108. The summed E-state index contributed by atoms with van der Waals surface area (Å²) in [7, 11) is 0. The Morgan fingerprint density at radius 2 is 2.17 bits per heavy atom. The average Bonchev–Trinajstić information content (AvgIpc) is 2.98. The Balaban J connectivity index is 1.51. The summed E-state index contributed by atoms with van der Waals surface area (Å²) in [5.74, 6) is 0.414. The minimum absolute atomic E-state index is 0.0346. The van der Waals surface area contributed by atoms with Crippen LogP contribution in [0.5, 0.6) is 0 Å². The van der Waals surface area contributed by atoms with Crippen molar-refractivity contribution in [2.75, 3.05) is 13.2 Å². The fourth-order valence-electron chi connectivity index (χ4n) is 4.07. The standard InChI is InChI=1S/C18H26N2O3/c1-11-6-4-5-7-12(11)14(21)10-19-17(22)20-15-13-8-9-23-16(13)18(15,2)3/h4-7,13-16,21H,8-10H2,1-3H3,(H2,19,20,22). The highest BCUT2D eigenvalue weighted by molar-refractivity contribution is 5.74. The first-order valence-electron chi connectivity index (χ1n) is 8.31. The van der Waals surface area contributed by atoms with Gasteiger partial charge in [-0.3, -0.25) is 0 Å². The van der Waals surface area contributed by atoms with Crippen LogP contribution in [0.2, 0.25) is 0 Å². The number of amides is 2.